The molecule has 1 atom stereocenters. The molecule has 2 saturated heterocycles. The molecule has 4 rings (SSSR count). The molecule has 2 aliphatic heterocycles. The maximum atomic E-state index is 12.9. The van der Waals surface area contributed by atoms with Gasteiger partial charge in [-0.05, 0) is 31.9 Å². The molecule has 1 aromatic carbocycles. The van der Waals surface area contributed by atoms with Crippen LogP contribution in [0.4, 0.5) is 4.79 Å². The van der Waals surface area contributed by atoms with Crippen molar-refractivity contribution >= 4 is 23.0 Å². The predicted octanol–water partition coefficient (Wildman–Crippen LogP) is 1.36. The minimum Gasteiger partial charge on any atom is -0.339 e. The first-order valence-corrected chi connectivity index (χ1v) is 8.87. The third-order valence-corrected chi connectivity index (χ3v) is 5.22. The minimum atomic E-state index is -0.00394. The van der Waals surface area contributed by atoms with Gasteiger partial charge in [-0.1, -0.05) is 12.1 Å². The Morgan fingerprint density at radius 2 is 2.16 bits per heavy atom. The van der Waals surface area contributed by atoms with Crippen LogP contribution in [-0.2, 0) is 11.3 Å². The molecule has 0 spiro atoms. The third-order valence-electron chi connectivity index (χ3n) is 5.22. The molecule has 0 saturated carbocycles. The van der Waals surface area contributed by atoms with Crippen LogP contribution in [0.5, 0.6) is 0 Å². The number of carbonyl (C=O) groups excluding carboxylic acids is 2. The monoisotopic (exact) mass is 341 g/mol. The summed E-state index contributed by atoms with van der Waals surface area (Å²) >= 11 is 0. The highest BCUT2D eigenvalue weighted by Gasteiger charge is 2.32. The number of urea groups is 1. The lowest BCUT2D eigenvalue weighted by molar-refractivity contribution is -0.133. The number of nitrogens with one attached hydrogen (secondary N) is 1. The lowest BCUT2D eigenvalue weighted by atomic mass is 10.0. The van der Waals surface area contributed by atoms with Crippen molar-refractivity contribution in [2.24, 2.45) is 0 Å². The Morgan fingerprint density at radius 3 is 2.96 bits per heavy atom. The van der Waals surface area contributed by atoms with Crippen molar-refractivity contribution in [1.29, 1.82) is 0 Å². The van der Waals surface area contributed by atoms with E-state index in [1.54, 1.807) is 0 Å². The molecule has 25 heavy (non-hydrogen) atoms. The molecule has 0 bridgehead atoms. The number of nitrogens with zero attached hydrogens (tertiary/aromatic N) is 4. The molecular formula is C18H23N5O2. The summed E-state index contributed by atoms with van der Waals surface area (Å²) in [6, 6.07) is 8.00. The molecule has 2 aliphatic rings. The second kappa shape index (κ2) is 6.38. The molecule has 2 fully saturated rings. The summed E-state index contributed by atoms with van der Waals surface area (Å²) in [4.78, 5) is 33.1. The van der Waals surface area contributed by atoms with Gasteiger partial charge in [-0.2, -0.15) is 0 Å². The van der Waals surface area contributed by atoms with Gasteiger partial charge in [-0.25, -0.2) is 9.78 Å². The zero-order chi connectivity index (χ0) is 17.4. The molecule has 1 unspecified atom stereocenters. The zero-order valence-corrected chi connectivity index (χ0v) is 14.4. The maximum absolute atomic E-state index is 12.9. The van der Waals surface area contributed by atoms with Gasteiger partial charge in [0.2, 0.25) is 5.91 Å². The van der Waals surface area contributed by atoms with Crippen molar-refractivity contribution in [2.75, 3.05) is 26.2 Å². The number of piperidine rings is 1. The molecule has 132 valence electrons. The molecule has 0 radical (unpaired) electrons. The van der Waals surface area contributed by atoms with Crippen molar-refractivity contribution in [2.45, 2.75) is 32.4 Å². The summed E-state index contributed by atoms with van der Waals surface area (Å²) in [5, 5.41) is 2.85. The Hall–Kier alpha value is -2.57. The fourth-order valence-electron chi connectivity index (χ4n) is 3.90. The Morgan fingerprint density at radius 1 is 1.32 bits per heavy atom. The number of para-hydroxylation sites is 2. The molecule has 1 N–H and O–H groups in total. The van der Waals surface area contributed by atoms with E-state index in [9.17, 15) is 9.59 Å². The summed E-state index contributed by atoms with van der Waals surface area (Å²) in [6.45, 7) is 5.04. The number of aryl methyl sites for hydroxylation is 1. The van der Waals surface area contributed by atoms with Crippen LogP contribution in [0.3, 0.4) is 0 Å². The van der Waals surface area contributed by atoms with Crippen LogP contribution in [0, 0.1) is 6.92 Å². The quantitative estimate of drug-likeness (QED) is 0.916. The first-order chi connectivity index (χ1) is 12.1. The summed E-state index contributed by atoms with van der Waals surface area (Å²) in [5.41, 5.74) is 1.90. The van der Waals surface area contributed by atoms with Crippen molar-refractivity contribution in [1.82, 2.24) is 24.7 Å². The Kier molecular flexibility index (Phi) is 4.07. The van der Waals surface area contributed by atoms with Crippen LogP contribution in [0.15, 0.2) is 24.3 Å². The predicted molar refractivity (Wildman–Crippen MR) is 94.2 cm³/mol. The Bertz CT molecular complexity index is 815. The van der Waals surface area contributed by atoms with E-state index in [1.807, 2.05) is 45.6 Å². The topological polar surface area (TPSA) is 70.5 Å². The van der Waals surface area contributed by atoms with Crippen LogP contribution in [-0.4, -0.2) is 63.5 Å². The highest BCUT2D eigenvalue weighted by Crippen LogP contribution is 2.20. The van der Waals surface area contributed by atoms with Gasteiger partial charge in [-0.3, -0.25) is 4.79 Å². The standard InChI is InChI=1S/C18H23N5O2/c1-13-20-15-6-2-3-7-16(15)23(13)12-17(24)21-9-4-5-14(11-21)22-10-8-19-18(22)25/h2-3,6-7,14H,4-5,8-12H2,1H3,(H,19,25). The number of hydrogen-bond donors (Lipinski definition) is 1. The van der Waals surface area contributed by atoms with E-state index < -0.39 is 0 Å². The number of fused-ring (bicyclic) bond motifs is 1. The zero-order valence-electron chi connectivity index (χ0n) is 14.4. The molecule has 3 amide bonds. The van der Waals surface area contributed by atoms with Crippen molar-refractivity contribution < 1.29 is 9.59 Å². The number of amides is 3. The van der Waals surface area contributed by atoms with E-state index in [1.165, 1.54) is 0 Å². The SMILES string of the molecule is Cc1nc2ccccc2n1CC(=O)N1CCCC(N2CCNC2=O)C1. The molecule has 7 heteroatoms. The van der Waals surface area contributed by atoms with Crippen molar-refractivity contribution in [3.05, 3.63) is 30.1 Å². The summed E-state index contributed by atoms with van der Waals surface area (Å²) in [7, 11) is 0. The normalized spacial score (nSPS) is 21.0. The summed E-state index contributed by atoms with van der Waals surface area (Å²) < 4.78 is 1.98. The second-order valence-electron chi connectivity index (χ2n) is 6.80. The largest absolute Gasteiger partial charge is 0.339 e. The van der Waals surface area contributed by atoms with Crippen molar-refractivity contribution in [3.8, 4) is 0 Å². The number of benzene rings is 1. The summed E-state index contributed by atoms with van der Waals surface area (Å²) in [5.74, 6) is 0.942. The second-order valence-corrected chi connectivity index (χ2v) is 6.80. The molecule has 0 aliphatic carbocycles. The van der Waals surface area contributed by atoms with Crippen LogP contribution < -0.4 is 5.32 Å². The Balaban J connectivity index is 1.48. The third kappa shape index (κ3) is 2.94. The number of aromatic nitrogens is 2. The molecule has 1 aromatic heterocycles. The first-order valence-electron chi connectivity index (χ1n) is 8.87. The first kappa shape index (κ1) is 15.9. The van der Waals surface area contributed by atoms with Gasteiger partial charge < -0.3 is 19.7 Å². The minimum absolute atomic E-state index is 0.00394. The van der Waals surface area contributed by atoms with E-state index in [0.29, 0.717) is 19.6 Å². The fraction of sp³-hybridized carbons (Fsp3) is 0.500. The molecule has 2 aromatic rings. The number of hydrogen-bond acceptors (Lipinski definition) is 3. The molecular weight excluding hydrogens is 318 g/mol. The van der Waals surface area contributed by atoms with E-state index in [4.69, 9.17) is 0 Å². The van der Waals surface area contributed by atoms with Crippen molar-refractivity contribution in [3.63, 3.8) is 0 Å². The lowest BCUT2D eigenvalue weighted by Crippen LogP contribution is -2.51. The fourth-order valence-corrected chi connectivity index (χ4v) is 3.90. The summed E-state index contributed by atoms with van der Waals surface area (Å²) in [6.07, 6.45) is 1.90. The van der Waals surface area contributed by atoms with Gasteiger partial charge in [0.25, 0.3) is 0 Å². The van der Waals surface area contributed by atoms with Gasteiger partial charge in [0, 0.05) is 26.2 Å². The number of carbonyl (C=O) groups is 2. The van der Waals surface area contributed by atoms with E-state index in [2.05, 4.69) is 10.3 Å². The van der Waals surface area contributed by atoms with Gasteiger partial charge in [-0.15, -0.1) is 0 Å². The lowest BCUT2D eigenvalue weighted by Gasteiger charge is -2.37. The van der Waals surface area contributed by atoms with Crippen LogP contribution in [0.2, 0.25) is 0 Å². The van der Waals surface area contributed by atoms with Crippen LogP contribution >= 0.6 is 0 Å². The van der Waals surface area contributed by atoms with Gasteiger partial charge in [0.15, 0.2) is 0 Å². The average molecular weight is 341 g/mol. The van der Waals surface area contributed by atoms with E-state index >= 15 is 0 Å². The van der Waals surface area contributed by atoms with Gasteiger partial charge >= 0.3 is 6.03 Å². The van der Waals surface area contributed by atoms with Crippen LogP contribution in [0.1, 0.15) is 18.7 Å². The van der Waals surface area contributed by atoms with Gasteiger partial charge in [0.1, 0.15) is 12.4 Å². The highest BCUT2D eigenvalue weighted by molar-refractivity contribution is 5.81. The van der Waals surface area contributed by atoms with Crippen LogP contribution in [0.25, 0.3) is 11.0 Å². The molecule has 3 heterocycles. The number of likely N-dealkylation sites (tertiary alicyclic amines) is 1. The average Bonchev–Trinajstić information content (AvgIpc) is 3.18. The van der Waals surface area contributed by atoms with E-state index in [0.717, 1.165) is 42.8 Å². The Labute approximate surface area is 146 Å². The highest BCUT2D eigenvalue weighted by atomic mass is 16.2. The number of rotatable bonds is 3. The smallest absolute Gasteiger partial charge is 0.317 e. The van der Waals surface area contributed by atoms with Gasteiger partial charge in [0.05, 0.1) is 17.1 Å². The number of imidazole rings is 1. The maximum Gasteiger partial charge on any atom is 0.317 e. The molecule has 7 nitrogen and oxygen atoms in total. The van der Waals surface area contributed by atoms with E-state index in [-0.39, 0.29) is 18.0 Å².